The average molecular weight is 372 g/mol. The van der Waals surface area contributed by atoms with Crippen molar-refractivity contribution < 1.29 is 9.59 Å². The molecule has 2 fully saturated rings. The van der Waals surface area contributed by atoms with Gasteiger partial charge in [0.2, 0.25) is 11.8 Å². The maximum absolute atomic E-state index is 12.4. The number of hydrogen-bond donors (Lipinski definition) is 1. The van der Waals surface area contributed by atoms with Crippen molar-refractivity contribution in [2.45, 2.75) is 39.0 Å². The van der Waals surface area contributed by atoms with Crippen LogP contribution in [0.2, 0.25) is 0 Å². The molecule has 2 heterocycles. The van der Waals surface area contributed by atoms with Crippen LogP contribution in [0.5, 0.6) is 0 Å². The maximum Gasteiger partial charge on any atom is 0.225 e. The van der Waals surface area contributed by atoms with Gasteiger partial charge in [-0.3, -0.25) is 9.59 Å². The highest BCUT2D eigenvalue weighted by Crippen LogP contribution is 2.19. The molecule has 0 bridgehead atoms. The lowest BCUT2D eigenvalue weighted by molar-refractivity contribution is -0.129. The summed E-state index contributed by atoms with van der Waals surface area (Å²) in [5.74, 6) is 0.744. The summed E-state index contributed by atoms with van der Waals surface area (Å²) >= 11 is 0. The third-order valence-corrected chi connectivity index (χ3v) is 5.79. The minimum atomic E-state index is -0.191. The Morgan fingerprint density at radius 2 is 2.00 bits per heavy atom. The number of likely N-dealkylation sites (tertiary alicyclic amines) is 2. The molecule has 2 amide bonds. The van der Waals surface area contributed by atoms with Crippen LogP contribution >= 0.6 is 0 Å². The number of rotatable bonds is 8. The number of amides is 2. The molecular weight excluding hydrogens is 338 g/mol. The highest BCUT2D eigenvalue weighted by Gasteiger charge is 2.33. The molecular formula is C22H33N3O2. The van der Waals surface area contributed by atoms with E-state index in [2.05, 4.69) is 29.3 Å². The fourth-order valence-corrected chi connectivity index (χ4v) is 4.22. The van der Waals surface area contributed by atoms with Crippen LogP contribution in [0.3, 0.4) is 0 Å². The molecule has 0 radical (unpaired) electrons. The van der Waals surface area contributed by atoms with E-state index in [0.717, 1.165) is 25.3 Å². The molecule has 2 atom stereocenters. The van der Waals surface area contributed by atoms with E-state index in [1.54, 1.807) is 0 Å². The van der Waals surface area contributed by atoms with Gasteiger partial charge in [0.25, 0.3) is 0 Å². The summed E-state index contributed by atoms with van der Waals surface area (Å²) in [6, 6.07) is 10.2. The molecule has 5 heteroatoms. The summed E-state index contributed by atoms with van der Waals surface area (Å²) in [4.78, 5) is 29.0. The third kappa shape index (κ3) is 6.06. The van der Waals surface area contributed by atoms with Crippen LogP contribution in [-0.2, 0) is 16.0 Å². The van der Waals surface area contributed by atoms with Crippen LogP contribution in [0.1, 0.15) is 38.2 Å². The number of nitrogens with one attached hydrogen (secondary N) is 1. The molecule has 2 saturated heterocycles. The topological polar surface area (TPSA) is 52.7 Å². The summed E-state index contributed by atoms with van der Waals surface area (Å²) < 4.78 is 0. The minimum Gasteiger partial charge on any atom is -0.356 e. The average Bonchev–Trinajstić information content (AvgIpc) is 3.05. The molecule has 5 nitrogen and oxygen atoms in total. The summed E-state index contributed by atoms with van der Waals surface area (Å²) in [6.45, 7) is 7.69. The third-order valence-electron chi connectivity index (χ3n) is 5.79. The van der Waals surface area contributed by atoms with Crippen molar-refractivity contribution in [1.82, 2.24) is 15.1 Å². The van der Waals surface area contributed by atoms with Crippen molar-refractivity contribution in [2.24, 2.45) is 11.8 Å². The molecule has 1 N–H and O–H groups in total. The van der Waals surface area contributed by atoms with Crippen molar-refractivity contribution in [2.75, 3.05) is 39.3 Å². The van der Waals surface area contributed by atoms with Crippen molar-refractivity contribution in [3.05, 3.63) is 35.9 Å². The summed E-state index contributed by atoms with van der Waals surface area (Å²) in [7, 11) is 0. The second-order valence-corrected chi connectivity index (χ2v) is 8.17. The van der Waals surface area contributed by atoms with Gasteiger partial charge in [0, 0.05) is 32.6 Å². The summed E-state index contributed by atoms with van der Waals surface area (Å²) in [5.41, 5.74) is 1.23. The predicted molar refractivity (Wildman–Crippen MR) is 107 cm³/mol. The number of carbonyl (C=O) groups is 2. The van der Waals surface area contributed by atoms with Gasteiger partial charge in [-0.25, -0.2) is 0 Å². The molecule has 2 aliphatic heterocycles. The first-order valence-electron chi connectivity index (χ1n) is 10.4. The molecule has 148 valence electrons. The zero-order valence-electron chi connectivity index (χ0n) is 16.5. The van der Waals surface area contributed by atoms with E-state index in [4.69, 9.17) is 0 Å². The lowest BCUT2D eigenvalue weighted by atomic mass is 10.0. The van der Waals surface area contributed by atoms with Crippen LogP contribution in [-0.4, -0.2) is 60.9 Å². The smallest absolute Gasteiger partial charge is 0.225 e. The largest absolute Gasteiger partial charge is 0.356 e. The van der Waals surface area contributed by atoms with E-state index in [1.165, 1.54) is 31.5 Å². The SMILES string of the molecule is C[C@@H]1CCCN(CCCNC(=O)[C@H]2CC(=O)N(CCc3ccccc3)C2)C1. The summed E-state index contributed by atoms with van der Waals surface area (Å²) in [5, 5.41) is 3.05. The zero-order chi connectivity index (χ0) is 19.1. The first-order chi connectivity index (χ1) is 13.1. The van der Waals surface area contributed by atoms with Gasteiger partial charge in [0.1, 0.15) is 0 Å². The fraction of sp³-hybridized carbons (Fsp3) is 0.636. The van der Waals surface area contributed by atoms with Crippen molar-refractivity contribution in [3.8, 4) is 0 Å². The van der Waals surface area contributed by atoms with Crippen molar-refractivity contribution in [3.63, 3.8) is 0 Å². The molecule has 1 aromatic rings. The van der Waals surface area contributed by atoms with Gasteiger partial charge < -0.3 is 15.1 Å². The van der Waals surface area contributed by atoms with E-state index in [-0.39, 0.29) is 17.7 Å². The Balaban J connectivity index is 1.33. The molecule has 0 aromatic heterocycles. The second-order valence-electron chi connectivity index (χ2n) is 8.17. The van der Waals surface area contributed by atoms with E-state index in [9.17, 15) is 9.59 Å². The van der Waals surface area contributed by atoms with Gasteiger partial charge >= 0.3 is 0 Å². The van der Waals surface area contributed by atoms with E-state index in [0.29, 0.717) is 26.1 Å². The zero-order valence-corrected chi connectivity index (χ0v) is 16.5. The molecule has 0 saturated carbocycles. The Hall–Kier alpha value is -1.88. The Kier molecular flexibility index (Phi) is 7.27. The minimum absolute atomic E-state index is 0.0394. The normalized spacial score (nSPS) is 23.6. The summed E-state index contributed by atoms with van der Waals surface area (Å²) in [6.07, 6.45) is 4.80. The van der Waals surface area contributed by atoms with Gasteiger partial charge in [0.15, 0.2) is 0 Å². The molecule has 27 heavy (non-hydrogen) atoms. The van der Waals surface area contributed by atoms with E-state index in [1.807, 2.05) is 23.1 Å². The lowest BCUT2D eigenvalue weighted by Crippen LogP contribution is -2.38. The Morgan fingerprint density at radius 3 is 2.78 bits per heavy atom. The van der Waals surface area contributed by atoms with Crippen LogP contribution in [0, 0.1) is 11.8 Å². The van der Waals surface area contributed by atoms with Gasteiger partial charge in [-0.05, 0) is 50.3 Å². The molecule has 0 unspecified atom stereocenters. The fourth-order valence-electron chi connectivity index (χ4n) is 4.22. The number of benzene rings is 1. The molecule has 0 aliphatic carbocycles. The Labute approximate surface area is 163 Å². The highest BCUT2D eigenvalue weighted by molar-refractivity contribution is 5.89. The van der Waals surface area contributed by atoms with Crippen LogP contribution in [0.4, 0.5) is 0 Å². The second kappa shape index (κ2) is 9.88. The number of hydrogen-bond acceptors (Lipinski definition) is 3. The first kappa shape index (κ1) is 19.9. The van der Waals surface area contributed by atoms with Gasteiger partial charge in [-0.15, -0.1) is 0 Å². The molecule has 0 spiro atoms. The number of nitrogens with zero attached hydrogens (tertiary/aromatic N) is 2. The van der Waals surface area contributed by atoms with Gasteiger partial charge in [-0.2, -0.15) is 0 Å². The van der Waals surface area contributed by atoms with E-state index >= 15 is 0 Å². The molecule has 1 aromatic carbocycles. The molecule has 2 aliphatic rings. The van der Waals surface area contributed by atoms with Gasteiger partial charge in [0.05, 0.1) is 5.92 Å². The maximum atomic E-state index is 12.4. The number of carbonyl (C=O) groups excluding carboxylic acids is 2. The number of piperidine rings is 1. The standard InChI is InChI=1S/C22H33N3O2/c1-18-7-5-12-24(16-18)13-6-11-23-22(27)20-15-21(26)25(17-20)14-10-19-8-3-2-4-9-19/h2-4,8-9,18,20H,5-7,10-17H2,1H3,(H,23,27)/t18-,20+/m1/s1. The first-order valence-corrected chi connectivity index (χ1v) is 10.4. The van der Waals surface area contributed by atoms with Crippen LogP contribution in [0.15, 0.2) is 30.3 Å². The van der Waals surface area contributed by atoms with Crippen molar-refractivity contribution >= 4 is 11.8 Å². The Bertz CT molecular complexity index is 619. The highest BCUT2D eigenvalue weighted by atomic mass is 16.2. The molecule has 3 rings (SSSR count). The lowest BCUT2D eigenvalue weighted by Gasteiger charge is -2.30. The predicted octanol–water partition coefficient (Wildman–Crippen LogP) is 2.32. The van der Waals surface area contributed by atoms with Crippen molar-refractivity contribution in [1.29, 1.82) is 0 Å². The van der Waals surface area contributed by atoms with Gasteiger partial charge in [-0.1, -0.05) is 37.3 Å². The van der Waals surface area contributed by atoms with E-state index < -0.39 is 0 Å². The Morgan fingerprint density at radius 1 is 1.19 bits per heavy atom. The van der Waals surface area contributed by atoms with Crippen LogP contribution < -0.4 is 5.32 Å². The monoisotopic (exact) mass is 371 g/mol. The van der Waals surface area contributed by atoms with Crippen LogP contribution in [0.25, 0.3) is 0 Å². The quantitative estimate of drug-likeness (QED) is 0.714.